The van der Waals surface area contributed by atoms with Crippen molar-refractivity contribution in [2.75, 3.05) is 6.61 Å². The van der Waals surface area contributed by atoms with Crippen molar-refractivity contribution in [3.05, 3.63) is 30.1 Å². The van der Waals surface area contributed by atoms with E-state index in [-0.39, 0.29) is 17.9 Å². The minimum atomic E-state index is -3.04. The van der Waals surface area contributed by atoms with Crippen LogP contribution in [0, 0.1) is 0 Å². The van der Waals surface area contributed by atoms with Crippen LogP contribution in [0.5, 0.6) is 5.75 Å². The highest BCUT2D eigenvalue weighted by atomic mass is 19.3. The van der Waals surface area contributed by atoms with Crippen LogP contribution in [-0.4, -0.2) is 35.1 Å². The minimum absolute atomic E-state index is 0.0123. The number of hydrogen-bond donors (Lipinski definition) is 1. The van der Waals surface area contributed by atoms with E-state index in [2.05, 4.69) is 14.5 Å². The number of aliphatic hydroxyl groups excluding tert-OH is 1. The van der Waals surface area contributed by atoms with Gasteiger partial charge in [0.2, 0.25) is 0 Å². The van der Waals surface area contributed by atoms with Gasteiger partial charge < -0.3 is 14.6 Å². The number of ether oxygens (including phenoxy) is 2. The zero-order valence-electron chi connectivity index (χ0n) is 10.4. The van der Waals surface area contributed by atoms with Crippen LogP contribution in [0.2, 0.25) is 0 Å². The minimum Gasteiger partial charge on any atom is -0.507 e. The largest absolute Gasteiger partial charge is 0.507 e. The van der Waals surface area contributed by atoms with Gasteiger partial charge in [-0.05, 0) is 13.0 Å². The Hall–Kier alpha value is -2.51. The van der Waals surface area contributed by atoms with Crippen LogP contribution < -0.4 is 4.74 Å². The van der Waals surface area contributed by atoms with E-state index in [0.29, 0.717) is 6.08 Å². The quantitative estimate of drug-likeness (QED) is 0.371. The first-order chi connectivity index (χ1) is 9.43. The van der Waals surface area contributed by atoms with Crippen LogP contribution in [0.1, 0.15) is 12.5 Å². The molecule has 1 heterocycles. The summed E-state index contributed by atoms with van der Waals surface area (Å²) < 4.78 is 32.5. The van der Waals surface area contributed by atoms with E-state index in [4.69, 9.17) is 0 Å². The predicted molar refractivity (Wildman–Crippen MR) is 63.1 cm³/mol. The molecule has 0 bridgehead atoms. The Balaban J connectivity index is 2.88. The molecule has 0 saturated carbocycles. The Labute approximate surface area is 112 Å². The maximum absolute atomic E-state index is 12.0. The maximum atomic E-state index is 12.0. The molecule has 0 aromatic carbocycles. The van der Waals surface area contributed by atoms with Crippen LogP contribution in [-0.2, 0) is 14.3 Å². The van der Waals surface area contributed by atoms with Crippen molar-refractivity contribution in [2.45, 2.75) is 13.5 Å². The van der Waals surface area contributed by atoms with Gasteiger partial charge in [0.1, 0.15) is 11.5 Å². The maximum Gasteiger partial charge on any atom is 0.387 e. The molecular weight excluding hydrogens is 276 g/mol. The summed E-state index contributed by atoms with van der Waals surface area (Å²) in [6.45, 7) is -1.51. The third-order valence-corrected chi connectivity index (χ3v) is 1.98. The summed E-state index contributed by atoms with van der Waals surface area (Å²) in [5.41, 5.74) is -0.0548. The smallest absolute Gasteiger partial charge is 0.387 e. The Bertz CT molecular complexity index is 530. The van der Waals surface area contributed by atoms with E-state index in [1.54, 1.807) is 0 Å². The molecule has 20 heavy (non-hydrogen) atoms. The standard InChI is InChI=1S/C12H11F2NO5/c1-2-19-11(18)10(17)4-9(16)7-3-8(6-15-5-7)20-12(13)14/h3-6,12,16H,2H2,1H3. The van der Waals surface area contributed by atoms with Crippen LogP contribution in [0.25, 0.3) is 5.76 Å². The SMILES string of the molecule is CCOC(=O)C(=O)C=C(O)c1cncc(OC(F)F)c1. The Morgan fingerprint density at radius 2 is 2.15 bits per heavy atom. The van der Waals surface area contributed by atoms with E-state index < -0.39 is 24.1 Å². The molecule has 1 N–H and O–H groups in total. The lowest BCUT2D eigenvalue weighted by atomic mass is 10.2. The molecule has 0 aliphatic carbocycles. The summed E-state index contributed by atoms with van der Waals surface area (Å²) in [7, 11) is 0. The second-order valence-electron chi connectivity index (χ2n) is 3.40. The van der Waals surface area contributed by atoms with E-state index in [1.165, 1.54) is 6.92 Å². The number of carbonyl (C=O) groups is 2. The van der Waals surface area contributed by atoms with Crippen molar-refractivity contribution < 1.29 is 33.0 Å². The second-order valence-corrected chi connectivity index (χ2v) is 3.40. The number of hydrogen-bond acceptors (Lipinski definition) is 6. The van der Waals surface area contributed by atoms with Gasteiger partial charge in [-0.1, -0.05) is 0 Å². The lowest BCUT2D eigenvalue weighted by molar-refractivity contribution is -0.151. The Morgan fingerprint density at radius 3 is 2.75 bits per heavy atom. The first-order valence-electron chi connectivity index (χ1n) is 5.46. The van der Waals surface area contributed by atoms with Gasteiger partial charge in [-0.3, -0.25) is 9.78 Å². The van der Waals surface area contributed by atoms with E-state index >= 15 is 0 Å². The number of pyridine rings is 1. The Morgan fingerprint density at radius 1 is 1.45 bits per heavy atom. The van der Waals surface area contributed by atoms with Crippen LogP contribution in [0.3, 0.4) is 0 Å². The van der Waals surface area contributed by atoms with Crippen molar-refractivity contribution in [1.29, 1.82) is 0 Å². The van der Waals surface area contributed by atoms with Gasteiger partial charge in [-0.25, -0.2) is 4.79 Å². The topological polar surface area (TPSA) is 85.7 Å². The summed E-state index contributed by atoms with van der Waals surface area (Å²) in [6.07, 6.45) is 2.74. The van der Waals surface area contributed by atoms with Gasteiger partial charge in [0.05, 0.1) is 12.8 Å². The van der Waals surface area contributed by atoms with Crippen LogP contribution in [0.15, 0.2) is 24.5 Å². The molecule has 0 atom stereocenters. The zero-order chi connectivity index (χ0) is 15.1. The lowest BCUT2D eigenvalue weighted by Gasteiger charge is -2.05. The van der Waals surface area contributed by atoms with Gasteiger partial charge in [0.15, 0.2) is 0 Å². The molecule has 1 rings (SSSR count). The molecule has 0 amide bonds. The van der Waals surface area contributed by atoms with Crippen molar-refractivity contribution >= 4 is 17.5 Å². The molecule has 0 saturated heterocycles. The molecule has 1 aromatic rings. The van der Waals surface area contributed by atoms with Gasteiger partial charge in [0, 0.05) is 17.8 Å². The molecule has 8 heteroatoms. The molecule has 0 spiro atoms. The fourth-order valence-corrected chi connectivity index (χ4v) is 1.19. The summed E-state index contributed by atoms with van der Waals surface area (Å²) in [4.78, 5) is 25.9. The number of esters is 1. The molecule has 6 nitrogen and oxygen atoms in total. The normalized spacial score (nSPS) is 11.3. The summed E-state index contributed by atoms with van der Waals surface area (Å²) in [6, 6.07) is 1.05. The first kappa shape index (κ1) is 15.5. The number of rotatable bonds is 6. The number of nitrogens with zero attached hydrogens (tertiary/aromatic N) is 1. The number of halogens is 2. The molecule has 1 aromatic heterocycles. The van der Waals surface area contributed by atoms with E-state index in [9.17, 15) is 23.5 Å². The van der Waals surface area contributed by atoms with E-state index in [0.717, 1.165) is 18.5 Å². The highest BCUT2D eigenvalue weighted by Crippen LogP contribution is 2.18. The van der Waals surface area contributed by atoms with Crippen molar-refractivity contribution in [1.82, 2.24) is 4.98 Å². The van der Waals surface area contributed by atoms with Crippen LogP contribution >= 0.6 is 0 Å². The van der Waals surface area contributed by atoms with Gasteiger partial charge >= 0.3 is 12.6 Å². The molecule has 0 radical (unpaired) electrons. The highest BCUT2D eigenvalue weighted by Gasteiger charge is 2.14. The monoisotopic (exact) mass is 287 g/mol. The first-order valence-corrected chi connectivity index (χ1v) is 5.46. The number of aliphatic hydroxyl groups is 1. The molecule has 0 fully saturated rings. The fraction of sp³-hybridized carbons (Fsp3) is 0.250. The third kappa shape index (κ3) is 4.63. The molecular formula is C12H11F2NO5. The average Bonchev–Trinajstić information content (AvgIpc) is 2.38. The second kappa shape index (κ2) is 7.17. The summed E-state index contributed by atoms with van der Waals surface area (Å²) in [5.74, 6) is -3.12. The summed E-state index contributed by atoms with van der Waals surface area (Å²) in [5, 5.41) is 9.62. The number of alkyl halides is 2. The molecule has 0 unspecified atom stereocenters. The Kier molecular flexibility index (Phi) is 5.57. The zero-order valence-corrected chi connectivity index (χ0v) is 10.4. The number of carbonyl (C=O) groups excluding carboxylic acids is 2. The molecule has 0 aliphatic heterocycles. The lowest BCUT2D eigenvalue weighted by Crippen LogP contribution is -2.15. The molecule has 0 aliphatic rings. The number of ketones is 1. The average molecular weight is 287 g/mol. The molecule has 108 valence electrons. The van der Waals surface area contributed by atoms with Crippen molar-refractivity contribution in [2.24, 2.45) is 0 Å². The van der Waals surface area contributed by atoms with Gasteiger partial charge in [-0.2, -0.15) is 8.78 Å². The van der Waals surface area contributed by atoms with Gasteiger partial charge in [-0.15, -0.1) is 0 Å². The highest BCUT2D eigenvalue weighted by molar-refractivity contribution is 6.39. The van der Waals surface area contributed by atoms with Gasteiger partial charge in [0.25, 0.3) is 5.78 Å². The summed E-state index contributed by atoms with van der Waals surface area (Å²) >= 11 is 0. The predicted octanol–water partition coefficient (Wildman–Crippen LogP) is 1.71. The fourth-order valence-electron chi connectivity index (χ4n) is 1.19. The van der Waals surface area contributed by atoms with E-state index in [1.807, 2.05) is 0 Å². The van der Waals surface area contributed by atoms with Crippen LogP contribution in [0.4, 0.5) is 8.78 Å². The van der Waals surface area contributed by atoms with Crippen molar-refractivity contribution in [3.63, 3.8) is 0 Å². The van der Waals surface area contributed by atoms with Crippen molar-refractivity contribution in [3.8, 4) is 5.75 Å². The third-order valence-electron chi connectivity index (χ3n) is 1.98. The number of aromatic nitrogens is 1.